The number of hydrogen-bond acceptors (Lipinski definition) is 5. The normalized spacial score (nSPS) is 10.6. The number of thiophene rings is 1. The van der Waals surface area contributed by atoms with E-state index >= 15 is 0 Å². The summed E-state index contributed by atoms with van der Waals surface area (Å²) in [5.74, 6) is -2.99. The van der Waals surface area contributed by atoms with Crippen LogP contribution >= 0.6 is 11.3 Å². The highest BCUT2D eigenvalue weighted by molar-refractivity contribution is 7.12. The third kappa shape index (κ3) is 2.77. The molecule has 0 bridgehead atoms. The second-order valence-corrected chi connectivity index (χ2v) is 5.62. The van der Waals surface area contributed by atoms with Crippen molar-refractivity contribution in [3.63, 3.8) is 0 Å². The van der Waals surface area contributed by atoms with Crippen molar-refractivity contribution in [1.29, 1.82) is 0 Å². The lowest BCUT2D eigenvalue weighted by molar-refractivity contribution is 0.0685. The average Bonchev–Trinajstić information content (AvgIpc) is 2.85. The van der Waals surface area contributed by atoms with Gasteiger partial charge in [-0.1, -0.05) is 13.3 Å². The molecule has 7 nitrogen and oxygen atoms in total. The molecule has 0 aliphatic carbocycles. The zero-order chi connectivity index (χ0) is 16.4. The van der Waals surface area contributed by atoms with Crippen molar-refractivity contribution in [2.45, 2.75) is 26.7 Å². The molecule has 0 aromatic carbocycles. The molecule has 2 aromatic heterocycles. The van der Waals surface area contributed by atoms with Crippen LogP contribution in [0.3, 0.4) is 0 Å². The summed E-state index contributed by atoms with van der Waals surface area (Å²) >= 11 is 1.30. The van der Waals surface area contributed by atoms with E-state index in [1.807, 2.05) is 19.2 Å². The molecule has 2 aromatic rings. The predicted octanol–water partition coefficient (Wildman–Crippen LogP) is 1.95. The molecule has 0 amide bonds. The van der Waals surface area contributed by atoms with E-state index in [2.05, 4.69) is 5.10 Å². The number of carboxylic acid groups (broad SMARTS) is 2. The summed E-state index contributed by atoms with van der Waals surface area (Å²) in [6, 6.07) is 1.76. The van der Waals surface area contributed by atoms with Crippen molar-refractivity contribution in [2.75, 3.05) is 0 Å². The lowest BCUT2D eigenvalue weighted by atomic mass is 10.1. The Morgan fingerprint density at radius 1 is 1.32 bits per heavy atom. The molecule has 2 heterocycles. The Morgan fingerprint density at radius 3 is 2.45 bits per heavy atom. The molecule has 2 N–H and O–H groups in total. The van der Waals surface area contributed by atoms with Crippen LogP contribution in [-0.2, 0) is 6.42 Å². The maximum atomic E-state index is 12.1. The third-order valence-electron chi connectivity index (χ3n) is 3.02. The van der Waals surface area contributed by atoms with Crippen LogP contribution in [0.1, 0.15) is 45.4 Å². The van der Waals surface area contributed by atoms with Gasteiger partial charge in [-0.05, 0) is 30.4 Å². The topological polar surface area (TPSA) is 109 Å². The maximum Gasteiger partial charge on any atom is 0.360 e. The Bertz CT molecular complexity index is 806. The van der Waals surface area contributed by atoms with Gasteiger partial charge in [-0.2, -0.15) is 5.10 Å². The van der Waals surface area contributed by atoms with E-state index in [-0.39, 0.29) is 5.69 Å². The summed E-state index contributed by atoms with van der Waals surface area (Å²) in [4.78, 5) is 34.7. The highest BCUT2D eigenvalue weighted by atomic mass is 32.1. The van der Waals surface area contributed by atoms with Crippen LogP contribution < -0.4 is 5.43 Å². The van der Waals surface area contributed by atoms with Crippen molar-refractivity contribution >= 4 is 23.3 Å². The van der Waals surface area contributed by atoms with Gasteiger partial charge in [0.15, 0.2) is 0 Å². The summed E-state index contributed by atoms with van der Waals surface area (Å²) in [5.41, 5.74) is -1.22. The zero-order valence-corrected chi connectivity index (χ0v) is 12.8. The predicted molar refractivity (Wildman–Crippen MR) is 80.4 cm³/mol. The lowest BCUT2D eigenvalue weighted by Gasteiger charge is -2.13. The first-order valence-electron chi connectivity index (χ1n) is 6.55. The lowest BCUT2D eigenvalue weighted by Crippen LogP contribution is -2.30. The minimum atomic E-state index is -1.54. The minimum absolute atomic E-state index is 0.215. The summed E-state index contributed by atoms with van der Waals surface area (Å²) in [5, 5.41) is 24.7. The van der Waals surface area contributed by atoms with E-state index in [9.17, 15) is 19.5 Å². The fourth-order valence-corrected chi connectivity index (χ4v) is 2.98. The van der Waals surface area contributed by atoms with Crippen LogP contribution in [0.15, 0.2) is 16.2 Å². The van der Waals surface area contributed by atoms with Gasteiger partial charge in [0.25, 0.3) is 0 Å². The third-order valence-corrected chi connectivity index (χ3v) is 4.04. The number of carbonyl (C=O) groups is 2. The van der Waals surface area contributed by atoms with Gasteiger partial charge >= 0.3 is 11.9 Å². The quantitative estimate of drug-likeness (QED) is 0.870. The van der Waals surface area contributed by atoms with Crippen molar-refractivity contribution < 1.29 is 19.8 Å². The van der Waals surface area contributed by atoms with Gasteiger partial charge in [-0.15, -0.1) is 11.3 Å². The standard InChI is InChI=1S/C14H14N2O5S/c1-3-4-8-10(13(18)19)12(17)11(14(20)21)15-16(8)9-5-7(2)6-22-9/h5-6H,3-4H2,1-2H3,(H,18,19)(H,20,21). The molecule has 0 aliphatic rings. The van der Waals surface area contributed by atoms with Gasteiger partial charge in [-0.25, -0.2) is 14.3 Å². The number of aryl methyl sites for hydroxylation is 1. The fourth-order valence-electron chi connectivity index (χ4n) is 2.10. The SMILES string of the molecule is CCCc1c(C(=O)O)c(=O)c(C(=O)O)nn1-c1cc(C)cs1. The highest BCUT2D eigenvalue weighted by Gasteiger charge is 2.26. The molecule has 116 valence electrons. The van der Waals surface area contributed by atoms with Gasteiger partial charge in [0.2, 0.25) is 11.1 Å². The van der Waals surface area contributed by atoms with E-state index in [0.717, 1.165) is 5.56 Å². The van der Waals surface area contributed by atoms with Gasteiger partial charge in [0, 0.05) is 0 Å². The molecule has 0 spiro atoms. The molecule has 0 saturated heterocycles. The maximum absolute atomic E-state index is 12.1. The Balaban J connectivity index is 2.88. The fraction of sp³-hybridized carbons (Fsp3) is 0.286. The van der Waals surface area contributed by atoms with Crippen LogP contribution in [0.25, 0.3) is 5.00 Å². The number of hydrogen-bond donors (Lipinski definition) is 2. The Morgan fingerprint density at radius 2 is 2.00 bits per heavy atom. The smallest absolute Gasteiger partial charge is 0.360 e. The molecule has 0 radical (unpaired) electrons. The van der Waals surface area contributed by atoms with Gasteiger partial charge in [0.1, 0.15) is 10.6 Å². The van der Waals surface area contributed by atoms with Gasteiger partial charge in [0.05, 0.1) is 5.69 Å². The molecule has 0 aliphatic heterocycles. The molecule has 0 fully saturated rings. The van der Waals surface area contributed by atoms with Crippen LogP contribution in [0, 0.1) is 6.92 Å². The van der Waals surface area contributed by atoms with Gasteiger partial charge < -0.3 is 10.2 Å². The average molecular weight is 322 g/mol. The first-order chi connectivity index (χ1) is 10.4. The highest BCUT2D eigenvalue weighted by Crippen LogP contribution is 2.21. The van der Waals surface area contributed by atoms with Crippen molar-refractivity contribution in [3.8, 4) is 5.00 Å². The molecule has 8 heteroatoms. The van der Waals surface area contributed by atoms with E-state index in [4.69, 9.17) is 5.11 Å². The van der Waals surface area contributed by atoms with Crippen LogP contribution in [0.5, 0.6) is 0 Å². The number of rotatable bonds is 5. The summed E-state index contributed by atoms with van der Waals surface area (Å²) < 4.78 is 1.26. The molecule has 22 heavy (non-hydrogen) atoms. The second-order valence-electron chi connectivity index (χ2n) is 4.73. The minimum Gasteiger partial charge on any atom is -0.477 e. The van der Waals surface area contributed by atoms with Crippen molar-refractivity contribution in [1.82, 2.24) is 9.78 Å². The summed E-state index contributed by atoms with van der Waals surface area (Å²) in [6.07, 6.45) is 0.902. The Hall–Kier alpha value is -2.48. The largest absolute Gasteiger partial charge is 0.477 e. The molecule has 2 rings (SSSR count). The van der Waals surface area contributed by atoms with E-state index < -0.39 is 28.6 Å². The second kappa shape index (κ2) is 6.10. The first kappa shape index (κ1) is 15.9. The van der Waals surface area contributed by atoms with E-state index in [1.165, 1.54) is 16.0 Å². The Labute approximate surface area is 129 Å². The zero-order valence-electron chi connectivity index (χ0n) is 12.0. The van der Waals surface area contributed by atoms with Gasteiger partial charge in [-0.3, -0.25) is 4.79 Å². The number of aromatic carboxylic acids is 2. The number of carboxylic acids is 2. The summed E-state index contributed by atoms with van der Waals surface area (Å²) in [6.45, 7) is 3.70. The van der Waals surface area contributed by atoms with Crippen molar-refractivity contribution in [2.24, 2.45) is 0 Å². The molecule has 0 atom stereocenters. The first-order valence-corrected chi connectivity index (χ1v) is 7.43. The number of nitrogens with zero attached hydrogens (tertiary/aromatic N) is 2. The summed E-state index contributed by atoms with van der Waals surface area (Å²) in [7, 11) is 0. The van der Waals surface area contributed by atoms with E-state index in [0.29, 0.717) is 17.8 Å². The monoisotopic (exact) mass is 322 g/mol. The van der Waals surface area contributed by atoms with Crippen molar-refractivity contribution in [3.05, 3.63) is 44.2 Å². The molecular formula is C14H14N2O5S. The molecule has 0 saturated carbocycles. The Kier molecular flexibility index (Phi) is 4.41. The van der Waals surface area contributed by atoms with Crippen LogP contribution in [-0.4, -0.2) is 31.9 Å². The van der Waals surface area contributed by atoms with E-state index in [1.54, 1.807) is 6.07 Å². The van der Waals surface area contributed by atoms with Crippen LogP contribution in [0.4, 0.5) is 0 Å². The number of aromatic nitrogens is 2. The van der Waals surface area contributed by atoms with Crippen LogP contribution in [0.2, 0.25) is 0 Å². The molecule has 0 unspecified atom stereocenters. The molecular weight excluding hydrogens is 308 g/mol.